The largest absolute Gasteiger partial charge is 0.390 e. The number of aliphatic hydroxyl groups excluding tert-OH is 1. The Bertz CT molecular complexity index is 700. The number of ether oxygens (including phenoxy) is 1. The van der Waals surface area contributed by atoms with Gasteiger partial charge in [0.05, 0.1) is 18.8 Å². The van der Waals surface area contributed by atoms with Crippen molar-refractivity contribution in [2.75, 3.05) is 7.11 Å². The molecule has 0 spiro atoms. The highest BCUT2D eigenvalue weighted by Crippen LogP contribution is 2.31. The molecule has 3 N–H and O–H groups in total. The van der Waals surface area contributed by atoms with Crippen molar-refractivity contribution in [2.24, 2.45) is 0 Å². The fourth-order valence-electron chi connectivity index (χ4n) is 3.04. The summed E-state index contributed by atoms with van der Waals surface area (Å²) in [7, 11) is 1.66. The van der Waals surface area contributed by atoms with E-state index < -0.39 is 6.10 Å². The molecule has 0 saturated carbocycles. The molecule has 2 aromatic carbocycles. The number of methoxy groups -OCH3 is 1. The van der Waals surface area contributed by atoms with E-state index in [4.69, 9.17) is 4.74 Å². The molecule has 1 aliphatic rings. The van der Waals surface area contributed by atoms with Crippen molar-refractivity contribution in [3.05, 3.63) is 70.8 Å². The number of benzene rings is 2. The van der Waals surface area contributed by atoms with E-state index in [0.717, 1.165) is 22.3 Å². The van der Waals surface area contributed by atoms with Gasteiger partial charge in [0.2, 0.25) is 0 Å². The number of nitrogens with one attached hydrogen (secondary N) is 2. The second-order valence-electron chi connectivity index (χ2n) is 6.02. The first-order valence-electron chi connectivity index (χ1n) is 8.04. The van der Waals surface area contributed by atoms with E-state index in [0.29, 0.717) is 19.6 Å². The number of hydrogen-bond donors (Lipinski definition) is 3. The smallest absolute Gasteiger partial charge is 0.315 e. The van der Waals surface area contributed by atoms with Gasteiger partial charge < -0.3 is 20.5 Å². The Balaban J connectivity index is 1.54. The first-order chi connectivity index (χ1) is 11.7. The molecule has 2 amide bonds. The zero-order valence-electron chi connectivity index (χ0n) is 13.7. The maximum atomic E-state index is 12.1. The molecule has 0 saturated heterocycles. The maximum Gasteiger partial charge on any atom is 0.315 e. The summed E-state index contributed by atoms with van der Waals surface area (Å²) in [6.45, 7) is 1.01. The molecule has 0 radical (unpaired) electrons. The van der Waals surface area contributed by atoms with Crippen molar-refractivity contribution in [3.8, 4) is 0 Å². The summed E-state index contributed by atoms with van der Waals surface area (Å²) < 4.78 is 5.08. The van der Waals surface area contributed by atoms with Gasteiger partial charge in [-0.1, -0.05) is 48.5 Å². The van der Waals surface area contributed by atoms with Crippen molar-refractivity contribution in [1.29, 1.82) is 0 Å². The van der Waals surface area contributed by atoms with Gasteiger partial charge in [0.25, 0.3) is 0 Å². The van der Waals surface area contributed by atoms with Crippen LogP contribution in [0.1, 0.15) is 28.3 Å². The number of carbonyl (C=O) groups excluding carboxylic acids is 1. The van der Waals surface area contributed by atoms with E-state index in [1.165, 1.54) is 0 Å². The van der Waals surface area contributed by atoms with Crippen LogP contribution in [0.4, 0.5) is 4.79 Å². The van der Waals surface area contributed by atoms with Crippen LogP contribution in [0.25, 0.3) is 0 Å². The SMILES string of the molecule is COCc1ccc(CNC(=O)N[C@@H]2c3ccccc3C[C@@H]2O)cc1. The van der Waals surface area contributed by atoms with E-state index in [1.54, 1.807) is 7.11 Å². The van der Waals surface area contributed by atoms with Gasteiger partial charge in [-0.2, -0.15) is 0 Å². The molecule has 5 nitrogen and oxygen atoms in total. The number of fused-ring (bicyclic) bond motifs is 1. The molecule has 126 valence electrons. The van der Waals surface area contributed by atoms with Gasteiger partial charge in [-0.05, 0) is 22.3 Å². The minimum absolute atomic E-state index is 0.281. The van der Waals surface area contributed by atoms with E-state index in [-0.39, 0.29) is 12.1 Å². The van der Waals surface area contributed by atoms with Crippen molar-refractivity contribution < 1.29 is 14.6 Å². The third kappa shape index (κ3) is 3.75. The Morgan fingerprint density at radius 3 is 2.62 bits per heavy atom. The molecule has 2 atom stereocenters. The summed E-state index contributed by atoms with van der Waals surface area (Å²) in [5.41, 5.74) is 4.18. The average Bonchev–Trinajstić information content (AvgIpc) is 2.90. The second kappa shape index (κ2) is 7.47. The number of rotatable bonds is 5. The van der Waals surface area contributed by atoms with Crippen LogP contribution in [0, 0.1) is 0 Å². The Kier molecular flexibility index (Phi) is 5.13. The Labute approximate surface area is 141 Å². The first kappa shape index (κ1) is 16.5. The van der Waals surface area contributed by atoms with Gasteiger partial charge >= 0.3 is 6.03 Å². The van der Waals surface area contributed by atoms with E-state index in [1.807, 2.05) is 48.5 Å². The molecule has 0 unspecified atom stereocenters. The third-order valence-corrected chi connectivity index (χ3v) is 4.28. The van der Waals surface area contributed by atoms with Crippen LogP contribution in [0.15, 0.2) is 48.5 Å². The Hall–Kier alpha value is -2.37. The number of hydrogen-bond acceptors (Lipinski definition) is 3. The highest BCUT2D eigenvalue weighted by atomic mass is 16.5. The molecule has 24 heavy (non-hydrogen) atoms. The summed E-state index contributed by atoms with van der Waals surface area (Å²) in [5, 5.41) is 15.9. The third-order valence-electron chi connectivity index (χ3n) is 4.28. The van der Waals surface area contributed by atoms with Crippen LogP contribution in [0.5, 0.6) is 0 Å². The van der Waals surface area contributed by atoms with Crippen LogP contribution in [0.2, 0.25) is 0 Å². The Morgan fingerprint density at radius 1 is 1.17 bits per heavy atom. The lowest BCUT2D eigenvalue weighted by molar-refractivity contribution is 0.142. The minimum Gasteiger partial charge on any atom is -0.390 e. The quantitative estimate of drug-likeness (QED) is 0.789. The predicted molar refractivity (Wildman–Crippen MR) is 91.4 cm³/mol. The average molecular weight is 326 g/mol. The minimum atomic E-state index is -0.582. The molecular weight excluding hydrogens is 304 g/mol. The van der Waals surface area contributed by atoms with Crippen LogP contribution in [0.3, 0.4) is 0 Å². The molecular formula is C19H22N2O3. The van der Waals surface area contributed by atoms with Gasteiger partial charge in [0, 0.05) is 20.1 Å². The zero-order valence-corrected chi connectivity index (χ0v) is 13.7. The molecule has 0 aliphatic heterocycles. The normalized spacial score (nSPS) is 18.9. The van der Waals surface area contributed by atoms with E-state index in [2.05, 4.69) is 10.6 Å². The first-order valence-corrected chi connectivity index (χ1v) is 8.04. The van der Waals surface area contributed by atoms with E-state index >= 15 is 0 Å². The van der Waals surface area contributed by atoms with E-state index in [9.17, 15) is 9.90 Å². The van der Waals surface area contributed by atoms with Gasteiger partial charge in [-0.25, -0.2) is 4.79 Å². The molecule has 1 aliphatic carbocycles. The molecule has 0 aromatic heterocycles. The zero-order chi connectivity index (χ0) is 16.9. The van der Waals surface area contributed by atoms with Crippen LogP contribution in [-0.4, -0.2) is 24.4 Å². The molecule has 0 bridgehead atoms. The predicted octanol–water partition coefficient (Wildman–Crippen LogP) is 2.29. The second-order valence-corrected chi connectivity index (χ2v) is 6.02. The summed E-state index contributed by atoms with van der Waals surface area (Å²) >= 11 is 0. The number of aliphatic hydroxyl groups is 1. The highest BCUT2D eigenvalue weighted by molar-refractivity contribution is 5.74. The van der Waals surface area contributed by atoms with Gasteiger partial charge in [-0.3, -0.25) is 0 Å². The topological polar surface area (TPSA) is 70.6 Å². The summed E-state index contributed by atoms with van der Waals surface area (Å²) in [6.07, 6.45) is -0.0105. The van der Waals surface area contributed by atoms with Crippen molar-refractivity contribution >= 4 is 6.03 Å². The number of amides is 2. The Morgan fingerprint density at radius 2 is 1.88 bits per heavy atom. The fraction of sp³-hybridized carbons (Fsp3) is 0.316. The lowest BCUT2D eigenvalue weighted by atomic mass is 10.1. The molecule has 0 heterocycles. The maximum absolute atomic E-state index is 12.1. The van der Waals surface area contributed by atoms with Crippen molar-refractivity contribution in [3.63, 3.8) is 0 Å². The van der Waals surface area contributed by atoms with Gasteiger partial charge in [-0.15, -0.1) is 0 Å². The highest BCUT2D eigenvalue weighted by Gasteiger charge is 2.31. The monoisotopic (exact) mass is 326 g/mol. The van der Waals surface area contributed by atoms with Crippen molar-refractivity contribution in [1.82, 2.24) is 10.6 Å². The molecule has 2 aromatic rings. The van der Waals surface area contributed by atoms with Crippen LogP contribution in [-0.2, 0) is 24.3 Å². The van der Waals surface area contributed by atoms with Crippen LogP contribution >= 0.6 is 0 Å². The van der Waals surface area contributed by atoms with Crippen LogP contribution < -0.4 is 10.6 Å². The molecule has 5 heteroatoms. The standard InChI is InChI=1S/C19H22N2O3/c1-24-12-14-8-6-13(7-9-14)11-20-19(23)21-18-16-5-3-2-4-15(16)10-17(18)22/h2-9,17-18,22H,10-12H2,1H3,(H2,20,21,23)/t17-,18+/m0/s1. The van der Waals surface area contributed by atoms with Gasteiger partial charge in [0.1, 0.15) is 0 Å². The summed E-state index contributed by atoms with van der Waals surface area (Å²) in [4.78, 5) is 12.1. The summed E-state index contributed by atoms with van der Waals surface area (Å²) in [6, 6.07) is 15.1. The molecule has 3 rings (SSSR count). The number of carbonyl (C=O) groups is 1. The lowest BCUT2D eigenvalue weighted by Gasteiger charge is -2.18. The lowest BCUT2D eigenvalue weighted by Crippen LogP contribution is -2.40. The fourth-order valence-corrected chi connectivity index (χ4v) is 3.04. The summed E-state index contributed by atoms with van der Waals surface area (Å²) in [5.74, 6) is 0. The molecule has 0 fully saturated rings. The number of urea groups is 1. The van der Waals surface area contributed by atoms with Gasteiger partial charge in [0.15, 0.2) is 0 Å². The van der Waals surface area contributed by atoms with Crippen molar-refractivity contribution in [2.45, 2.75) is 31.7 Å².